The zero-order chi connectivity index (χ0) is 17.2. The average Bonchev–Trinajstić information content (AvgIpc) is 2.97. The first-order chi connectivity index (χ1) is 10.7. The molecule has 0 aliphatic rings. The summed E-state index contributed by atoms with van der Waals surface area (Å²) in [6, 6.07) is 6.45. The van der Waals surface area contributed by atoms with Crippen molar-refractivity contribution in [2.75, 3.05) is 11.4 Å². The van der Waals surface area contributed by atoms with Crippen LogP contribution in [0.1, 0.15) is 23.5 Å². The number of hydrogen-bond donors (Lipinski definition) is 1. The number of halogens is 1. The van der Waals surface area contributed by atoms with Gasteiger partial charge in [-0.1, -0.05) is 0 Å². The molecule has 0 spiro atoms. The smallest absolute Gasteiger partial charge is 0.264 e. The summed E-state index contributed by atoms with van der Waals surface area (Å²) in [4.78, 5) is 12.3. The van der Waals surface area contributed by atoms with E-state index in [1.165, 1.54) is 42.8 Å². The first kappa shape index (κ1) is 17.4. The SMILES string of the molecule is CC(C)NC(=O)c1cc(S(=O)(=O)N(C)c2ccc(F)cc2)cs1. The molecule has 0 unspecified atom stereocenters. The van der Waals surface area contributed by atoms with E-state index in [2.05, 4.69) is 5.32 Å². The van der Waals surface area contributed by atoms with Crippen molar-refractivity contribution in [3.63, 3.8) is 0 Å². The maximum atomic E-state index is 13.0. The van der Waals surface area contributed by atoms with Crippen LogP contribution >= 0.6 is 11.3 Å². The van der Waals surface area contributed by atoms with Gasteiger partial charge in [-0.3, -0.25) is 9.10 Å². The largest absolute Gasteiger partial charge is 0.349 e. The highest BCUT2D eigenvalue weighted by atomic mass is 32.2. The maximum absolute atomic E-state index is 13.0. The van der Waals surface area contributed by atoms with Crippen LogP contribution in [-0.4, -0.2) is 27.4 Å². The second-order valence-corrected chi connectivity index (χ2v) is 8.10. The van der Waals surface area contributed by atoms with E-state index < -0.39 is 15.8 Å². The Hall–Kier alpha value is -1.93. The van der Waals surface area contributed by atoms with Crippen molar-refractivity contribution in [3.8, 4) is 0 Å². The van der Waals surface area contributed by atoms with Crippen LogP contribution in [0.4, 0.5) is 10.1 Å². The molecule has 23 heavy (non-hydrogen) atoms. The van der Waals surface area contributed by atoms with Crippen molar-refractivity contribution < 1.29 is 17.6 Å². The number of nitrogens with zero attached hydrogens (tertiary/aromatic N) is 1. The number of hydrogen-bond acceptors (Lipinski definition) is 4. The number of anilines is 1. The number of rotatable bonds is 5. The molecule has 2 rings (SSSR count). The van der Waals surface area contributed by atoms with Crippen molar-refractivity contribution in [2.24, 2.45) is 0 Å². The summed E-state index contributed by atoms with van der Waals surface area (Å²) in [5.41, 5.74) is 0.339. The molecule has 8 heteroatoms. The summed E-state index contributed by atoms with van der Waals surface area (Å²) in [7, 11) is -2.42. The number of carbonyl (C=O) groups excluding carboxylic acids is 1. The minimum atomic E-state index is -3.80. The van der Waals surface area contributed by atoms with Crippen LogP contribution in [0.25, 0.3) is 0 Å². The summed E-state index contributed by atoms with van der Waals surface area (Å²) < 4.78 is 39.2. The Morgan fingerprint density at radius 2 is 1.87 bits per heavy atom. The van der Waals surface area contributed by atoms with Crippen LogP contribution in [0.5, 0.6) is 0 Å². The van der Waals surface area contributed by atoms with Crippen molar-refractivity contribution in [3.05, 3.63) is 46.4 Å². The highest BCUT2D eigenvalue weighted by Gasteiger charge is 2.24. The van der Waals surface area contributed by atoms with Gasteiger partial charge in [0.25, 0.3) is 15.9 Å². The zero-order valence-electron chi connectivity index (χ0n) is 12.9. The fraction of sp³-hybridized carbons (Fsp3) is 0.267. The quantitative estimate of drug-likeness (QED) is 0.896. The third-order valence-corrected chi connectivity index (χ3v) is 5.91. The summed E-state index contributed by atoms with van der Waals surface area (Å²) in [5, 5.41) is 4.13. The normalized spacial score (nSPS) is 11.5. The lowest BCUT2D eigenvalue weighted by Crippen LogP contribution is -2.29. The Morgan fingerprint density at radius 3 is 2.43 bits per heavy atom. The van der Waals surface area contributed by atoms with E-state index >= 15 is 0 Å². The highest BCUT2D eigenvalue weighted by molar-refractivity contribution is 7.93. The monoisotopic (exact) mass is 356 g/mol. The van der Waals surface area contributed by atoms with Gasteiger partial charge in [0.1, 0.15) is 5.82 Å². The maximum Gasteiger partial charge on any atom is 0.264 e. The van der Waals surface area contributed by atoms with Gasteiger partial charge >= 0.3 is 0 Å². The Kier molecular flexibility index (Phi) is 5.06. The number of thiophene rings is 1. The fourth-order valence-corrected chi connectivity index (χ4v) is 4.21. The molecular weight excluding hydrogens is 339 g/mol. The van der Waals surface area contributed by atoms with Gasteiger partial charge in [0.05, 0.1) is 15.5 Å². The lowest BCUT2D eigenvalue weighted by Gasteiger charge is -2.18. The van der Waals surface area contributed by atoms with Gasteiger partial charge in [-0.05, 0) is 44.2 Å². The third kappa shape index (κ3) is 3.89. The van der Waals surface area contributed by atoms with E-state index in [4.69, 9.17) is 0 Å². The highest BCUT2D eigenvalue weighted by Crippen LogP contribution is 2.26. The van der Waals surface area contributed by atoms with Crippen LogP contribution in [0, 0.1) is 5.82 Å². The van der Waals surface area contributed by atoms with Gasteiger partial charge in [0.15, 0.2) is 0 Å². The lowest BCUT2D eigenvalue weighted by atomic mass is 10.3. The van der Waals surface area contributed by atoms with Crippen LogP contribution in [-0.2, 0) is 10.0 Å². The van der Waals surface area contributed by atoms with E-state index in [-0.39, 0.29) is 16.8 Å². The second kappa shape index (κ2) is 6.67. The predicted octanol–water partition coefficient (Wildman–Crippen LogP) is 2.85. The molecule has 0 fully saturated rings. The third-order valence-electron chi connectivity index (χ3n) is 3.07. The molecule has 0 atom stereocenters. The molecule has 0 saturated heterocycles. The molecular formula is C15H17FN2O3S2. The molecule has 1 heterocycles. The van der Waals surface area contributed by atoms with Gasteiger partial charge in [-0.15, -0.1) is 11.3 Å². The molecule has 1 amide bonds. The lowest BCUT2D eigenvalue weighted by molar-refractivity contribution is 0.0947. The van der Waals surface area contributed by atoms with Gasteiger partial charge < -0.3 is 5.32 Å². The minimum absolute atomic E-state index is 0.0308. The summed E-state index contributed by atoms with van der Waals surface area (Å²) in [5.74, 6) is -0.751. The molecule has 0 bridgehead atoms. The molecule has 0 aliphatic carbocycles. The van der Waals surface area contributed by atoms with Gasteiger partial charge in [0.2, 0.25) is 0 Å². The summed E-state index contributed by atoms with van der Waals surface area (Å²) in [6.07, 6.45) is 0. The molecule has 0 aliphatic heterocycles. The van der Waals surface area contributed by atoms with Gasteiger partial charge in [-0.2, -0.15) is 0 Å². The van der Waals surface area contributed by atoms with Crippen LogP contribution < -0.4 is 9.62 Å². The first-order valence-electron chi connectivity index (χ1n) is 6.85. The number of carbonyl (C=O) groups is 1. The molecule has 124 valence electrons. The van der Waals surface area contributed by atoms with E-state index in [1.807, 2.05) is 13.8 Å². The molecule has 1 aromatic heterocycles. The predicted molar refractivity (Wildman–Crippen MR) is 88.9 cm³/mol. The fourth-order valence-electron chi connectivity index (χ4n) is 1.85. The van der Waals surface area contributed by atoms with Gasteiger partial charge in [-0.25, -0.2) is 12.8 Å². The Morgan fingerprint density at radius 1 is 1.26 bits per heavy atom. The van der Waals surface area contributed by atoms with Gasteiger partial charge in [0, 0.05) is 18.5 Å². The molecule has 2 aromatic rings. The first-order valence-corrected chi connectivity index (χ1v) is 9.17. The standard InChI is InChI=1S/C15H17FN2O3S2/c1-10(2)17-15(19)14-8-13(9-22-14)23(20,21)18(3)12-6-4-11(16)5-7-12/h4-10H,1-3H3,(H,17,19). The summed E-state index contributed by atoms with van der Waals surface area (Å²) in [6.45, 7) is 3.65. The van der Waals surface area contributed by atoms with Crippen molar-refractivity contribution in [1.82, 2.24) is 5.32 Å². The van der Waals surface area contributed by atoms with E-state index in [9.17, 15) is 17.6 Å². The Balaban J connectivity index is 2.28. The van der Waals surface area contributed by atoms with Crippen molar-refractivity contribution in [2.45, 2.75) is 24.8 Å². The number of nitrogens with one attached hydrogen (secondary N) is 1. The Bertz CT molecular complexity index is 798. The molecule has 0 radical (unpaired) electrons. The molecule has 1 N–H and O–H groups in total. The number of amides is 1. The molecule has 0 saturated carbocycles. The topological polar surface area (TPSA) is 66.5 Å². The minimum Gasteiger partial charge on any atom is -0.349 e. The second-order valence-electron chi connectivity index (χ2n) is 5.22. The number of sulfonamides is 1. The summed E-state index contributed by atoms with van der Waals surface area (Å²) >= 11 is 1.06. The van der Waals surface area contributed by atoms with Crippen molar-refractivity contribution >= 4 is 33.0 Å². The Labute approximate surface area is 138 Å². The van der Waals surface area contributed by atoms with E-state index in [0.29, 0.717) is 10.6 Å². The number of benzene rings is 1. The molecule has 5 nitrogen and oxygen atoms in total. The van der Waals surface area contributed by atoms with Crippen LogP contribution in [0.15, 0.2) is 40.6 Å². The molecule has 1 aromatic carbocycles. The van der Waals surface area contributed by atoms with Crippen LogP contribution in [0.3, 0.4) is 0 Å². The van der Waals surface area contributed by atoms with Crippen molar-refractivity contribution in [1.29, 1.82) is 0 Å². The van der Waals surface area contributed by atoms with Crippen LogP contribution in [0.2, 0.25) is 0 Å². The van der Waals surface area contributed by atoms with E-state index in [0.717, 1.165) is 15.6 Å². The average molecular weight is 356 g/mol. The zero-order valence-corrected chi connectivity index (χ0v) is 14.5. The van der Waals surface area contributed by atoms with E-state index in [1.54, 1.807) is 0 Å².